The van der Waals surface area contributed by atoms with Crippen LogP contribution < -0.4 is 21.3 Å². The number of aromatic nitrogens is 3. The molecular weight excluding hydrogens is 312 g/mol. The lowest BCUT2D eigenvalue weighted by atomic mass is 10.2. The third-order valence-corrected chi connectivity index (χ3v) is 2.96. The van der Waals surface area contributed by atoms with E-state index in [-0.39, 0.29) is 5.82 Å². The average Bonchev–Trinajstić information content (AvgIpc) is 2.55. The van der Waals surface area contributed by atoms with Crippen LogP contribution in [0.15, 0.2) is 64.3 Å². The van der Waals surface area contributed by atoms with Crippen LogP contribution in [0.5, 0.6) is 11.6 Å². The number of nitrogens with one attached hydrogen (secondary N) is 3. The van der Waals surface area contributed by atoms with Gasteiger partial charge in [-0.15, -0.1) is 0 Å². The molecule has 8 heteroatoms. The monoisotopic (exact) mass is 324 g/mol. The van der Waals surface area contributed by atoms with E-state index in [1.807, 2.05) is 4.98 Å². The number of H-pyrrole nitrogens is 2. The summed E-state index contributed by atoms with van der Waals surface area (Å²) < 4.78 is 5.55. The number of ether oxygens (including phenoxy) is 1. The van der Waals surface area contributed by atoms with Crippen molar-refractivity contribution in [3.8, 4) is 11.6 Å². The van der Waals surface area contributed by atoms with Crippen LogP contribution in [0.1, 0.15) is 10.4 Å². The summed E-state index contributed by atoms with van der Waals surface area (Å²) in [5.74, 6) is 0.335. The summed E-state index contributed by atoms with van der Waals surface area (Å²) in [5, 5.41) is 2.45. The number of hydrogen-bond donors (Lipinski definition) is 3. The third-order valence-electron chi connectivity index (χ3n) is 2.96. The van der Waals surface area contributed by atoms with Gasteiger partial charge in [-0.25, -0.2) is 9.78 Å². The maximum Gasteiger partial charge on any atom is 0.327 e. The van der Waals surface area contributed by atoms with Gasteiger partial charge in [-0.05, 0) is 24.3 Å². The Kier molecular flexibility index (Phi) is 4.19. The molecule has 8 nitrogen and oxygen atoms in total. The third kappa shape index (κ3) is 3.74. The summed E-state index contributed by atoms with van der Waals surface area (Å²) >= 11 is 0. The molecule has 1 aromatic carbocycles. The maximum absolute atomic E-state index is 12.2. The molecule has 0 unspecified atom stereocenters. The number of pyridine rings is 1. The molecule has 0 atom stereocenters. The molecule has 0 saturated heterocycles. The Hall–Kier alpha value is -3.68. The Balaban J connectivity index is 1.79. The minimum atomic E-state index is -0.704. The lowest BCUT2D eigenvalue weighted by molar-refractivity contribution is 0.102. The number of nitrogens with zero attached hydrogens (tertiary/aromatic N) is 1. The van der Waals surface area contributed by atoms with Crippen molar-refractivity contribution < 1.29 is 9.53 Å². The highest BCUT2D eigenvalue weighted by Crippen LogP contribution is 2.20. The zero-order valence-electron chi connectivity index (χ0n) is 12.3. The Labute approximate surface area is 135 Å². The summed E-state index contributed by atoms with van der Waals surface area (Å²) in [5.41, 5.74) is -1.02. The van der Waals surface area contributed by atoms with E-state index >= 15 is 0 Å². The second kappa shape index (κ2) is 6.61. The molecule has 24 heavy (non-hydrogen) atoms. The van der Waals surface area contributed by atoms with E-state index in [9.17, 15) is 14.4 Å². The predicted molar refractivity (Wildman–Crippen MR) is 86.4 cm³/mol. The molecular formula is C16H12N4O4. The summed E-state index contributed by atoms with van der Waals surface area (Å²) in [7, 11) is 0. The summed E-state index contributed by atoms with van der Waals surface area (Å²) in [4.78, 5) is 43.0. The van der Waals surface area contributed by atoms with Crippen LogP contribution in [-0.2, 0) is 0 Å². The van der Waals surface area contributed by atoms with Crippen LogP contribution in [0.3, 0.4) is 0 Å². The molecule has 0 radical (unpaired) electrons. The summed E-state index contributed by atoms with van der Waals surface area (Å²) in [6.45, 7) is 0. The van der Waals surface area contributed by atoms with Gasteiger partial charge in [0.15, 0.2) is 0 Å². The Morgan fingerprint density at radius 1 is 1.04 bits per heavy atom. The molecule has 0 aliphatic rings. The van der Waals surface area contributed by atoms with Gasteiger partial charge in [-0.1, -0.05) is 12.1 Å². The SMILES string of the molecule is O=C(Nc1cc(=O)[nH]c(=O)[nH]1)c1cccc(Oc2ccccn2)c1. The Morgan fingerprint density at radius 2 is 1.92 bits per heavy atom. The van der Waals surface area contributed by atoms with E-state index in [2.05, 4.69) is 15.3 Å². The zero-order valence-corrected chi connectivity index (χ0v) is 12.3. The smallest absolute Gasteiger partial charge is 0.327 e. The van der Waals surface area contributed by atoms with Crippen molar-refractivity contribution in [2.75, 3.05) is 5.32 Å². The number of carbonyl (C=O) groups excluding carboxylic acids is 1. The molecule has 2 aromatic heterocycles. The van der Waals surface area contributed by atoms with E-state index in [1.165, 1.54) is 6.07 Å². The number of carbonyl (C=O) groups is 1. The minimum absolute atomic E-state index is 0.00444. The molecule has 1 amide bonds. The average molecular weight is 324 g/mol. The molecule has 0 saturated carbocycles. The second-order valence-corrected chi connectivity index (χ2v) is 4.75. The first-order chi connectivity index (χ1) is 11.6. The molecule has 0 spiro atoms. The van der Waals surface area contributed by atoms with Gasteiger partial charge >= 0.3 is 5.69 Å². The number of rotatable bonds is 4. The molecule has 0 aliphatic carbocycles. The van der Waals surface area contributed by atoms with Crippen LogP contribution in [0.4, 0.5) is 5.82 Å². The van der Waals surface area contributed by atoms with Crippen molar-refractivity contribution in [1.29, 1.82) is 0 Å². The van der Waals surface area contributed by atoms with Crippen molar-refractivity contribution in [1.82, 2.24) is 15.0 Å². The van der Waals surface area contributed by atoms with E-state index in [4.69, 9.17) is 4.74 Å². The van der Waals surface area contributed by atoms with Crippen LogP contribution in [0.25, 0.3) is 0 Å². The van der Waals surface area contributed by atoms with Crippen LogP contribution in [-0.4, -0.2) is 20.9 Å². The largest absolute Gasteiger partial charge is 0.439 e. The van der Waals surface area contributed by atoms with Crippen LogP contribution in [0.2, 0.25) is 0 Å². The molecule has 0 fully saturated rings. The lowest BCUT2D eigenvalue weighted by Crippen LogP contribution is -2.24. The highest BCUT2D eigenvalue weighted by molar-refractivity contribution is 6.03. The fourth-order valence-corrected chi connectivity index (χ4v) is 1.96. The number of benzene rings is 1. The number of amides is 1. The molecule has 0 bridgehead atoms. The maximum atomic E-state index is 12.2. The molecule has 0 aliphatic heterocycles. The first kappa shape index (κ1) is 15.2. The molecule has 120 valence electrons. The lowest BCUT2D eigenvalue weighted by Gasteiger charge is -2.07. The minimum Gasteiger partial charge on any atom is -0.439 e. The fraction of sp³-hybridized carbons (Fsp3) is 0. The van der Waals surface area contributed by atoms with Crippen molar-refractivity contribution >= 4 is 11.7 Å². The van der Waals surface area contributed by atoms with E-state index < -0.39 is 17.2 Å². The molecule has 3 aromatic rings. The van der Waals surface area contributed by atoms with Gasteiger partial charge in [0.25, 0.3) is 11.5 Å². The highest BCUT2D eigenvalue weighted by atomic mass is 16.5. The predicted octanol–water partition coefficient (Wildman–Crippen LogP) is 1.50. The standard InChI is InChI=1S/C16H12N4O4/c21-13-9-12(19-16(23)20-13)18-15(22)10-4-3-5-11(8-10)24-14-6-1-2-7-17-14/h1-9H,(H3,18,19,20,21,22,23). The van der Waals surface area contributed by atoms with Crippen LogP contribution in [0, 0.1) is 0 Å². The van der Waals surface area contributed by atoms with Crippen molar-refractivity contribution in [2.24, 2.45) is 0 Å². The quantitative estimate of drug-likeness (QED) is 0.672. The Morgan fingerprint density at radius 3 is 2.67 bits per heavy atom. The van der Waals surface area contributed by atoms with Gasteiger partial charge in [0.1, 0.15) is 11.6 Å². The van der Waals surface area contributed by atoms with Gasteiger partial charge in [0.2, 0.25) is 5.88 Å². The number of hydrogen-bond acceptors (Lipinski definition) is 5. The fourth-order valence-electron chi connectivity index (χ4n) is 1.96. The van der Waals surface area contributed by atoms with E-state index in [1.54, 1.807) is 42.6 Å². The molecule has 3 N–H and O–H groups in total. The van der Waals surface area contributed by atoms with Gasteiger partial charge in [0.05, 0.1) is 0 Å². The van der Waals surface area contributed by atoms with E-state index in [0.29, 0.717) is 17.2 Å². The molecule has 2 heterocycles. The normalized spacial score (nSPS) is 10.2. The first-order valence-electron chi connectivity index (χ1n) is 6.94. The number of aromatic amines is 2. The zero-order chi connectivity index (χ0) is 16.9. The Bertz CT molecular complexity index is 951. The first-order valence-corrected chi connectivity index (χ1v) is 6.94. The van der Waals surface area contributed by atoms with Crippen LogP contribution >= 0.6 is 0 Å². The van der Waals surface area contributed by atoms with Gasteiger partial charge in [-0.3, -0.25) is 19.6 Å². The van der Waals surface area contributed by atoms with Crippen molar-refractivity contribution in [3.63, 3.8) is 0 Å². The highest BCUT2D eigenvalue weighted by Gasteiger charge is 2.09. The second-order valence-electron chi connectivity index (χ2n) is 4.75. The van der Waals surface area contributed by atoms with E-state index in [0.717, 1.165) is 6.07 Å². The summed E-state index contributed by atoms with van der Waals surface area (Å²) in [6, 6.07) is 12.7. The summed E-state index contributed by atoms with van der Waals surface area (Å²) in [6.07, 6.45) is 1.59. The van der Waals surface area contributed by atoms with Gasteiger partial charge < -0.3 is 10.1 Å². The van der Waals surface area contributed by atoms with Gasteiger partial charge in [0, 0.05) is 23.9 Å². The number of anilines is 1. The van der Waals surface area contributed by atoms with Gasteiger partial charge in [-0.2, -0.15) is 0 Å². The molecule has 3 rings (SSSR count). The van der Waals surface area contributed by atoms with Crippen molar-refractivity contribution in [3.05, 3.63) is 81.1 Å². The topological polar surface area (TPSA) is 117 Å². The van der Waals surface area contributed by atoms with Crippen molar-refractivity contribution in [2.45, 2.75) is 0 Å².